The van der Waals surface area contributed by atoms with Gasteiger partial charge in [-0.05, 0) is 47.9 Å². The highest BCUT2D eigenvalue weighted by Gasteiger charge is 2.07. The van der Waals surface area contributed by atoms with Crippen LogP contribution in [0, 0.1) is 6.92 Å². The molecule has 1 heteroatoms. The Labute approximate surface area is 91.2 Å². The Bertz CT molecular complexity index is 486. The van der Waals surface area contributed by atoms with E-state index in [0.29, 0.717) is 0 Å². The minimum atomic E-state index is 1.11. The lowest BCUT2D eigenvalue weighted by atomic mass is 9.93. The van der Waals surface area contributed by atoms with Gasteiger partial charge in [0, 0.05) is 17.8 Å². The maximum absolute atomic E-state index is 4.20. The van der Waals surface area contributed by atoms with Crippen LogP contribution in [-0.4, -0.2) is 4.98 Å². The number of benzene rings is 1. The topological polar surface area (TPSA) is 12.9 Å². The fourth-order valence-electron chi connectivity index (χ4n) is 2.33. The van der Waals surface area contributed by atoms with Gasteiger partial charge in [0.2, 0.25) is 0 Å². The molecular weight excluding hydrogens is 182 g/mol. The molecule has 0 atom stereocenters. The third-order valence-corrected chi connectivity index (χ3v) is 3.16. The van der Waals surface area contributed by atoms with Crippen LogP contribution >= 0.6 is 0 Å². The SMILES string of the molecule is CCc1cc2ccncc2c(C)c1CC. The molecule has 0 N–H and O–H groups in total. The van der Waals surface area contributed by atoms with Crippen molar-refractivity contribution in [2.75, 3.05) is 0 Å². The van der Waals surface area contributed by atoms with E-state index in [4.69, 9.17) is 0 Å². The molecular formula is C14H17N. The highest BCUT2D eigenvalue weighted by molar-refractivity contribution is 5.86. The molecule has 1 aromatic carbocycles. The van der Waals surface area contributed by atoms with Crippen LogP contribution in [0.15, 0.2) is 24.5 Å². The molecule has 0 bridgehead atoms. The summed E-state index contributed by atoms with van der Waals surface area (Å²) in [6, 6.07) is 4.41. The molecule has 0 aliphatic heterocycles. The molecule has 78 valence electrons. The van der Waals surface area contributed by atoms with E-state index in [1.54, 1.807) is 0 Å². The standard InChI is InChI=1S/C14H17N/c1-4-11-8-12-6-7-15-9-14(12)10(3)13(11)5-2/h6-9H,4-5H2,1-3H3. The van der Waals surface area contributed by atoms with E-state index >= 15 is 0 Å². The molecule has 1 heterocycles. The minimum absolute atomic E-state index is 1.11. The van der Waals surface area contributed by atoms with Gasteiger partial charge in [0.05, 0.1) is 0 Å². The van der Waals surface area contributed by atoms with Gasteiger partial charge in [-0.15, -0.1) is 0 Å². The quantitative estimate of drug-likeness (QED) is 0.719. The van der Waals surface area contributed by atoms with Crippen LogP contribution in [0.3, 0.4) is 0 Å². The van der Waals surface area contributed by atoms with E-state index in [1.165, 1.54) is 27.5 Å². The van der Waals surface area contributed by atoms with Gasteiger partial charge in [-0.1, -0.05) is 19.9 Å². The van der Waals surface area contributed by atoms with Gasteiger partial charge in [0.1, 0.15) is 0 Å². The zero-order valence-electron chi connectivity index (χ0n) is 9.67. The fraction of sp³-hybridized carbons (Fsp3) is 0.357. The van der Waals surface area contributed by atoms with Gasteiger partial charge < -0.3 is 0 Å². The average molecular weight is 199 g/mol. The second-order valence-corrected chi connectivity index (χ2v) is 3.94. The van der Waals surface area contributed by atoms with E-state index in [0.717, 1.165) is 12.8 Å². The Morgan fingerprint density at radius 1 is 1.20 bits per heavy atom. The highest BCUT2D eigenvalue weighted by Crippen LogP contribution is 2.25. The number of aromatic nitrogens is 1. The van der Waals surface area contributed by atoms with E-state index in [-0.39, 0.29) is 0 Å². The molecule has 15 heavy (non-hydrogen) atoms. The third-order valence-electron chi connectivity index (χ3n) is 3.16. The maximum atomic E-state index is 4.20. The molecule has 0 aliphatic carbocycles. The van der Waals surface area contributed by atoms with Crippen LogP contribution < -0.4 is 0 Å². The summed E-state index contributed by atoms with van der Waals surface area (Å²) in [7, 11) is 0. The van der Waals surface area contributed by atoms with Crippen molar-refractivity contribution in [2.24, 2.45) is 0 Å². The first-order chi connectivity index (χ1) is 7.27. The number of hydrogen-bond donors (Lipinski definition) is 0. The van der Waals surface area contributed by atoms with Crippen molar-refractivity contribution in [1.82, 2.24) is 4.98 Å². The summed E-state index contributed by atoms with van der Waals surface area (Å²) in [4.78, 5) is 4.20. The summed E-state index contributed by atoms with van der Waals surface area (Å²) < 4.78 is 0. The van der Waals surface area contributed by atoms with Gasteiger partial charge in [-0.3, -0.25) is 4.98 Å². The lowest BCUT2D eigenvalue weighted by Crippen LogP contribution is -1.96. The van der Waals surface area contributed by atoms with Crippen LogP contribution in [-0.2, 0) is 12.8 Å². The normalized spacial score (nSPS) is 10.9. The van der Waals surface area contributed by atoms with Crippen molar-refractivity contribution in [1.29, 1.82) is 0 Å². The van der Waals surface area contributed by atoms with Crippen molar-refractivity contribution < 1.29 is 0 Å². The van der Waals surface area contributed by atoms with Gasteiger partial charge >= 0.3 is 0 Å². The summed E-state index contributed by atoms with van der Waals surface area (Å²) in [6.45, 7) is 6.66. The second-order valence-electron chi connectivity index (χ2n) is 3.94. The molecule has 0 amide bonds. The zero-order chi connectivity index (χ0) is 10.8. The van der Waals surface area contributed by atoms with Crippen LogP contribution in [0.2, 0.25) is 0 Å². The zero-order valence-corrected chi connectivity index (χ0v) is 9.67. The Kier molecular flexibility index (Phi) is 2.72. The van der Waals surface area contributed by atoms with E-state index in [1.807, 2.05) is 12.4 Å². The smallest absolute Gasteiger partial charge is 0.0349 e. The molecule has 0 spiro atoms. The molecule has 2 rings (SSSR count). The molecule has 0 unspecified atom stereocenters. The molecule has 1 nitrogen and oxygen atoms in total. The maximum Gasteiger partial charge on any atom is 0.0349 e. The summed E-state index contributed by atoms with van der Waals surface area (Å²) >= 11 is 0. The van der Waals surface area contributed by atoms with Crippen LogP contribution in [0.4, 0.5) is 0 Å². The first kappa shape index (κ1) is 10.2. The van der Waals surface area contributed by atoms with Crippen LogP contribution in [0.5, 0.6) is 0 Å². The first-order valence-corrected chi connectivity index (χ1v) is 5.63. The molecule has 0 aliphatic rings. The summed E-state index contributed by atoms with van der Waals surface area (Å²) in [6.07, 6.45) is 6.07. The molecule has 0 radical (unpaired) electrons. The molecule has 2 aromatic rings. The lowest BCUT2D eigenvalue weighted by molar-refractivity contribution is 1.03. The van der Waals surface area contributed by atoms with Crippen molar-refractivity contribution in [2.45, 2.75) is 33.6 Å². The average Bonchev–Trinajstić information content (AvgIpc) is 2.29. The minimum Gasteiger partial charge on any atom is -0.264 e. The highest BCUT2D eigenvalue weighted by atomic mass is 14.6. The van der Waals surface area contributed by atoms with Gasteiger partial charge in [0.15, 0.2) is 0 Å². The van der Waals surface area contributed by atoms with Crippen molar-refractivity contribution in [3.05, 3.63) is 41.2 Å². The van der Waals surface area contributed by atoms with Gasteiger partial charge in [-0.25, -0.2) is 0 Å². The predicted molar refractivity (Wildman–Crippen MR) is 65.2 cm³/mol. The molecule has 0 fully saturated rings. The summed E-state index contributed by atoms with van der Waals surface area (Å²) in [5, 5.41) is 2.61. The predicted octanol–water partition coefficient (Wildman–Crippen LogP) is 3.67. The van der Waals surface area contributed by atoms with Crippen molar-refractivity contribution in [3.63, 3.8) is 0 Å². The summed E-state index contributed by atoms with van der Waals surface area (Å²) in [5.41, 5.74) is 4.38. The Balaban J connectivity index is 2.81. The summed E-state index contributed by atoms with van der Waals surface area (Å²) in [5.74, 6) is 0. The van der Waals surface area contributed by atoms with Gasteiger partial charge in [0.25, 0.3) is 0 Å². The monoisotopic (exact) mass is 199 g/mol. The van der Waals surface area contributed by atoms with Crippen LogP contribution in [0.1, 0.15) is 30.5 Å². The van der Waals surface area contributed by atoms with E-state index in [9.17, 15) is 0 Å². The van der Waals surface area contributed by atoms with Crippen LogP contribution in [0.25, 0.3) is 10.8 Å². The molecule has 0 saturated carbocycles. The third kappa shape index (κ3) is 1.63. The second kappa shape index (κ2) is 4.01. The Morgan fingerprint density at radius 2 is 2.00 bits per heavy atom. The number of nitrogens with zero attached hydrogens (tertiary/aromatic N) is 1. The molecule has 1 aromatic heterocycles. The lowest BCUT2D eigenvalue weighted by Gasteiger charge is -2.12. The number of aryl methyl sites for hydroxylation is 2. The van der Waals surface area contributed by atoms with Crippen molar-refractivity contribution >= 4 is 10.8 Å². The van der Waals surface area contributed by atoms with E-state index in [2.05, 4.69) is 37.9 Å². The largest absolute Gasteiger partial charge is 0.264 e. The Morgan fingerprint density at radius 3 is 2.67 bits per heavy atom. The number of fused-ring (bicyclic) bond motifs is 1. The fourth-order valence-corrected chi connectivity index (χ4v) is 2.33. The molecule has 0 saturated heterocycles. The number of rotatable bonds is 2. The first-order valence-electron chi connectivity index (χ1n) is 5.63. The van der Waals surface area contributed by atoms with E-state index < -0.39 is 0 Å². The number of hydrogen-bond acceptors (Lipinski definition) is 1. The van der Waals surface area contributed by atoms with Crippen molar-refractivity contribution in [3.8, 4) is 0 Å². The Hall–Kier alpha value is -1.37. The number of pyridine rings is 1. The van der Waals surface area contributed by atoms with Gasteiger partial charge in [-0.2, -0.15) is 0 Å².